The maximum Gasteiger partial charge on any atom is 0.328 e. The second-order valence-electron chi connectivity index (χ2n) is 7.57. The Kier molecular flexibility index (Phi) is 7.10. The molecule has 6 nitrogen and oxygen atoms in total. The number of furan rings is 1. The summed E-state index contributed by atoms with van der Waals surface area (Å²) < 4.78 is 19.9. The lowest BCUT2D eigenvalue weighted by atomic mass is 9.85. The predicted octanol–water partition coefficient (Wildman–Crippen LogP) is 5.27. The van der Waals surface area contributed by atoms with E-state index in [1.807, 2.05) is 36.4 Å². The molecule has 0 spiro atoms. The molecule has 1 fully saturated rings. The zero-order valence-electron chi connectivity index (χ0n) is 17.6. The minimum absolute atomic E-state index is 0.235. The monoisotopic (exact) mass is 437 g/mol. The molecule has 1 atom stereocenters. The van der Waals surface area contributed by atoms with Crippen molar-refractivity contribution in [1.29, 1.82) is 0 Å². The summed E-state index contributed by atoms with van der Waals surface area (Å²) in [4.78, 5) is 21.3. The number of allylic oxidation sites excluding steroid dienone is 1. The number of carbonyl (C=O) groups is 2. The third-order valence-corrected chi connectivity index (χ3v) is 5.35. The number of halogens is 1. The first-order valence-corrected chi connectivity index (χ1v) is 10.1. The van der Waals surface area contributed by atoms with Crippen molar-refractivity contribution in [2.24, 2.45) is 0 Å². The highest BCUT2D eigenvalue weighted by Crippen LogP contribution is 2.39. The normalized spacial score (nSPS) is 16.1. The highest BCUT2D eigenvalue weighted by atomic mass is 19.1. The first kappa shape index (κ1) is 22.8. The lowest BCUT2D eigenvalue weighted by molar-refractivity contribution is -0.134. The van der Waals surface area contributed by atoms with Crippen molar-refractivity contribution >= 4 is 22.9 Å². The molecule has 0 amide bonds. The van der Waals surface area contributed by atoms with Gasteiger partial charge >= 0.3 is 11.9 Å². The fraction of sp³-hybridized carbons (Fsp3) is 0.200. The summed E-state index contributed by atoms with van der Waals surface area (Å²) in [6.07, 6.45) is 3.05. The summed E-state index contributed by atoms with van der Waals surface area (Å²) in [6, 6.07) is 14.9. The van der Waals surface area contributed by atoms with Gasteiger partial charge in [0.25, 0.3) is 0 Å². The van der Waals surface area contributed by atoms with E-state index in [1.54, 1.807) is 12.1 Å². The molecule has 7 heteroatoms. The first-order valence-electron chi connectivity index (χ1n) is 10.1. The second-order valence-corrected chi connectivity index (χ2v) is 7.57. The number of para-hydroxylation sites is 1. The van der Waals surface area contributed by atoms with E-state index in [0.717, 1.165) is 52.9 Å². The second kappa shape index (κ2) is 9.96. The quantitative estimate of drug-likeness (QED) is 0.540. The van der Waals surface area contributed by atoms with E-state index in [-0.39, 0.29) is 5.82 Å². The molecule has 1 unspecified atom stereocenters. The Labute approximate surface area is 184 Å². The number of carboxylic acid groups (broad SMARTS) is 2. The standard InChI is InChI=1S/C21H20FNO.C4H4O4/c1-14-11-15(9-10-23(14)2)18-8-7-17(22)13-19(18)21-12-16-5-3-4-6-20(16)24-21;5-3(6)1-2-4(7)8/h3-8,12-13,15H,1,9-11H2,2H3;1-2H,(H,5,6)(H,7,8). The number of hydrogen-bond acceptors (Lipinski definition) is 4. The van der Waals surface area contributed by atoms with Crippen molar-refractivity contribution in [3.63, 3.8) is 0 Å². The van der Waals surface area contributed by atoms with Gasteiger partial charge in [0.2, 0.25) is 0 Å². The minimum atomic E-state index is -1.26. The predicted molar refractivity (Wildman–Crippen MR) is 120 cm³/mol. The third kappa shape index (κ3) is 5.63. The maximum atomic E-state index is 13.9. The molecule has 0 radical (unpaired) electrons. The summed E-state index contributed by atoms with van der Waals surface area (Å²) in [7, 11) is 2.07. The molecule has 1 aliphatic rings. The smallest absolute Gasteiger partial charge is 0.328 e. The van der Waals surface area contributed by atoms with Gasteiger partial charge in [-0.05, 0) is 48.6 Å². The van der Waals surface area contributed by atoms with E-state index in [4.69, 9.17) is 14.6 Å². The fourth-order valence-electron chi connectivity index (χ4n) is 3.67. The number of likely N-dealkylation sites (tertiary alicyclic amines) is 1. The number of nitrogens with zero attached hydrogens (tertiary/aromatic N) is 1. The lowest BCUT2D eigenvalue weighted by Gasteiger charge is -2.33. The average Bonchev–Trinajstić information content (AvgIpc) is 3.19. The van der Waals surface area contributed by atoms with Crippen LogP contribution in [0.1, 0.15) is 24.3 Å². The Morgan fingerprint density at radius 2 is 1.81 bits per heavy atom. The van der Waals surface area contributed by atoms with Gasteiger partial charge in [-0.15, -0.1) is 0 Å². The van der Waals surface area contributed by atoms with E-state index >= 15 is 0 Å². The molecular formula is C25H24FNO5. The van der Waals surface area contributed by atoms with Crippen molar-refractivity contribution in [3.05, 3.63) is 84.3 Å². The molecule has 2 N–H and O–H groups in total. The molecule has 3 aromatic rings. The Morgan fingerprint density at radius 1 is 1.12 bits per heavy atom. The molecule has 1 aromatic heterocycles. The van der Waals surface area contributed by atoms with Crippen LogP contribution in [0, 0.1) is 5.82 Å². The van der Waals surface area contributed by atoms with E-state index in [0.29, 0.717) is 18.1 Å². The Balaban J connectivity index is 0.000000312. The summed E-state index contributed by atoms with van der Waals surface area (Å²) >= 11 is 0. The number of carboxylic acids is 2. The fourth-order valence-corrected chi connectivity index (χ4v) is 3.67. The van der Waals surface area contributed by atoms with Gasteiger partial charge < -0.3 is 19.5 Å². The van der Waals surface area contributed by atoms with Gasteiger partial charge in [0, 0.05) is 42.4 Å². The first-order chi connectivity index (χ1) is 15.2. The highest BCUT2D eigenvalue weighted by Gasteiger charge is 2.24. The molecule has 0 saturated carbocycles. The van der Waals surface area contributed by atoms with Crippen LogP contribution in [0.25, 0.3) is 22.3 Å². The Bertz CT molecular complexity index is 1130. The zero-order valence-corrected chi connectivity index (χ0v) is 17.6. The van der Waals surface area contributed by atoms with Gasteiger partial charge in [-0.3, -0.25) is 0 Å². The summed E-state index contributed by atoms with van der Waals surface area (Å²) in [5.74, 6) is -1.67. The molecule has 166 valence electrons. The van der Waals surface area contributed by atoms with Gasteiger partial charge in [0.15, 0.2) is 0 Å². The van der Waals surface area contributed by atoms with Crippen LogP contribution in [0.2, 0.25) is 0 Å². The van der Waals surface area contributed by atoms with E-state index in [9.17, 15) is 14.0 Å². The summed E-state index contributed by atoms with van der Waals surface area (Å²) in [5, 5.41) is 16.7. The van der Waals surface area contributed by atoms with Crippen molar-refractivity contribution in [2.75, 3.05) is 13.6 Å². The lowest BCUT2D eigenvalue weighted by Crippen LogP contribution is -2.27. The van der Waals surface area contributed by atoms with Crippen LogP contribution in [0.15, 0.2) is 77.4 Å². The van der Waals surface area contributed by atoms with Crippen LogP contribution in [-0.2, 0) is 9.59 Å². The van der Waals surface area contributed by atoms with E-state index < -0.39 is 11.9 Å². The number of benzene rings is 2. The van der Waals surface area contributed by atoms with Crippen LogP contribution in [0.5, 0.6) is 0 Å². The van der Waals surface area contributed by atoms with Crippen molar-refractivity contribution < 1.29 is 28.6 Å². The largest absolute Gasteiger partial charge is 0.478 e. The third-order valence-electron chi connectivity index (χ3n) is 5.35. The van der Waals surface area contributed by atoms with Gasteiger partial charge in [-0.1, -0.05) is 30.8 Å². The summed E-state index contributed by atoms with van der Waals surface area (Å²) in [6.45, 7) is 5.13. The van der Waals surface area contributed by atoms with Crippen molar-refractivity contribution in [2.45, 2.75) is 18.8 Å². The topological polar surface area (TPSA) is 91.0 Å². The number of hydrogen-bond donors (Lipinski definition) is 2. The number of piperidine rings is 1. The van der Waals surface area contributed by atoms with Crippen LogP contribution in [-0.4, -0.2) is 40.6 Å². The number of aliphatic carboxylic acids is 2. The van der Waals surface area contributed by atoms with Crippen LogP contribution in [0.3, 0.4) is 0 Å². The average molecular weight is 437 g/mol. The van der Waals surface area contributed by atoms with Crippen LogP contribution in [0.4, 0.5) is 4.39 Å². The molecule has 32 heavy (non-hydrogen) atoms. The molecule has 4 rings (SSSR count). The molecule has 1 aliphatic heterocycles. The highest BCUT2D eigenvalue weighted by molar-refractivity contribution is 5.89. The molecular weight excluding hydrogens is 413 g/mol. The molecule has 2 aromatic carbocycles. The van der Waals surface area contributed by atoms with E-state index in [1.165, 1.54) is 0 Å². The Hall–Kier alpha value is -3.87. The maximum absolute atomic E-state index is 13.9. The number of rotatable bonds is 4. The number of fused-ring (bicyclic) bond motifs is 1. The van der Waals surface area contributed by atoms with Crippen LogP contribution < -0.4 is 0 Å². The molecule has 1 saturated heterocycles. The van der Waals surface area contributed by atoms with E-state index in [2.05, 4.69) is 18.5 Å². The molecule has 0 aliphatic carbocycles. The summed E-state index contributed by atoms with van der Waals surface area (Å²) in [5.41, 5.74) is 3.96. The van der Waals surface area contributed by atoms with Crippen molar-refractivity contribution in [3.8, 4) is 11.3 Å². The van der Waals surface area contributed by atoms with Crippen LogP contribution >= 0.6 is 0 Å². The molecule has 2 heterocycles. The van der Waals surface area contributed by atoms with Crippen molar-refractivity contribution in [1.82, 2.24) is 4.90 Å². The van der Waals surface area contributed by atoms with Gasteiger partial charge in [0.05, 0.1) is 0 Å². The minimum Gasteiger partial charge on any atom is -0.478 e. The van der Waals surface area contributed by atoms with Gasteiger partial charge in [0.1, 0.15) is 17.2 Å². The Morgan fingerprint density at radius 3 is 2.44 bits per heavy atom. The molecule has 0 bridgehead atoms. The van der Waals surface area contributed by atoms with Gasteiger partial charge in [-0.25, -0.2) is 14.0 Å². The van der Waals surface area contributed by atoms with Gasteiger partial charge in [-0.2, -0.15) is 0 Å². The zero-order chi connectivity index (χ0) is 23.3. The SMILES string of the molecule is C=C1CC(c2ccc(F)cc2-c2cc3ccccc3o2)CCN1C.O=C(O)C=CC(=O)O.